The van der Waals surface area contributed by atoms with E-state index in [1.165, 1.54) is 34.9 Å². The number of rotatable bonds is 3. The van der Waals surface area contributed by atoms with E-state index >= 15 is 0 Å². The van der Waals surface area contributed by atoms with Gasteiger partial charge in [0.2, 0.25) is 0 Å². The molecule has 4 aromatic rings. The molecule has 1 N–H and O–H groups in total. The lowest BCUT2D eigenvalue weighted by Crippen LogP contribution is -2.13. The van der Waals surface area contributed by atoms with Crippen molar-refractivity contribution >= 4 is 28.8 Å². The minimum atomic E-state index is -0.743. The van der Waals surface area contributed by atoms with Crippen LogP contribution in [-0.2, 0) is 0 Å². The first kappa shape index (κ1) is 18.0. The topological polar surface area (TPSA) is 59.3 Å². The zero-order chi connectivity index (χ0) is 19.8. The molecule has 0 spiro atoms. The summed E-state index contributed by atoms with van der Waals surface area (Å²) < 4.78 is 42.3. The van der Waals surface area contributed by atoms with E-state index in [0.29, 0.717) is 0 Å². The van der Waals surface area contributed by atoms with Crippen molar-refractivity contribution in [1.82, 2.24) is 14.6 Å². The molecule has 140 valence electrons. The first-order valence-electron chi connectivity index (χ1n) is 7.98. The number of carbonyl (C=O) groups is 1. The Labute approximate surface area is 161 Å². The predicted octanol–water partition coefficient (Wildman–Crippen LogP) is 4.72. The molecule has 4 rings (SSSR count). The molecule has 2 heterocycles. The standard InChI is InChI=1S/C19H10ClF3N4O/c20-12-1-2-16(15(23)8-12)24-19(28)10-3-4-27-17(7-10)25-26-18(27)11-5-13(21)9-14(22)6-11/h1-9H,(H,24,28). The maximum atomic E-state index is 13.8. The van der Waals surface area contributed by atoms with Crippen molar-refractivity contribution in [3.05, 3.63) is 82.8 Å². The van der Waals surface area contributed by atoms with Gasteiger partial charge in [-0.15, -0.1) is 10.2 Å². The van der Waals surface area contributed by atoms with Crippen LogP contribution in [-0.4, -0.2) is 20.5 Å². The lowest BCUT2D eigenvalue weighted by atomic mass is 10.2. The first-order chi connectivity index (χ1) is 13.4. The second-order valence-electron chi connectivity index (χ2n) is 5.90. The van der Waals surface area contributed by atoms with E-state index in [9.17, 15) is 18.0 Å². The van der Waals surface area contributed by atoms with Gasteiger partial charge in [-0.05, 0) is 42.5 Å². The van der Waals surface area contributed by atoms with E-state index in [1.807, 2.05) is 0 Å². The maximum Gasteiger partial charge on any atom is 0.255 e. The van der Waals surface area contributed by atoms with Gasteiger partial charge in [-0.3, -0.25) is 9.20 Å². The number of benzene rings is 2. The number of amides is 1. The molecule has 2 aromatic heterocycles. The molecule has 0 saturated carbocycles. The van der Waals surface area contributed by atoms with Crippen LogP contribution in [0.3, 0.4) is 0 Å². The van der Waals surface area contributed by atoms with Crippen molar-refractivity contribution in [2.24, 2.45) is 0 Å². The maximum absolute atomic E-state index is 13.8. The molecule has 5 nitrogen and oxygen atoms in total. The fourth-order valence-electron chi connectivity index (χ4n) is 2.70. The Hall–Kier alpha value is -3.39. The summed E-state index contributed by atoms with van der Waals surface area (Å²) in [5.74, 6) is -2.51. The van der Waals surface area contributed by atoms with E-state index < -0.39 is 23.4 Å². The summed E-state index contributed by atoms with van der Waals surface area (Å²) in [5.41, 5.74) is 0.659. The number of nitrogens with zero attached hydrogens (tertiary/aromatic N) is 3. The minimum Gasteiger partial charge on any atom is -0.319 e. The van der Waals surface area contributed by atoms with Gasteiger partial charge < -0.3 is 5.32 Å². The van der Waals surface area contributed by atoms with Crippen LogP contribution in [0.2, 0.25) is 5.02 Å². The summed E-state index contributed by atoms with van der Waals surface area (Å²) in [6.07, 6.45) is 1.49. The molecular formula is C19H10ClF3N4O. The summed E-state index contributed by atoms with van der Waals surface area (Å²) in [5, 5.41) is 10.5. The van der Waals surface area contributed by atoms with Gasteiger partial charge in [-0.25, -0.2) is 13.2 Å². The lowest BCUT2D eigenvalue weighted by molar-refractivity contribution is 0.102. The van der Waals surface area contributed by atoms with Gasteiger partial charge in [0.05, 0.1) is 5.69 Å². The summed E-state index contributed by atoms with van der Waals surface area (Å²) in [4.78, 5) is 12.4. The molecule has 0 aliphatic heterocycles. The van der Waals surface area contributed by atoms with Crippen molar-refractivity contribution in [1.29, 1.82) is 0 Å². The molecule has 28 heavy (non-hydrogen) atoms. The van der Waals surface area contributed by atoms with E-state index in [1.54, 1.807) is 0 Å². The number of pyridine rings is 1. The number of hydrogen-bond acceptors (Lipinski definition) is 3. The Morgan fingerprint density at radius 2 is 1.71 bits per heavy atom. The monoisotopic (exact) mass is 402 g/mol. The van der Waals surface area contributed by atoms with Gasteiger partial charge in [0.25, 0.3) is 5.91 Å². The van der Waals surface area contributed by atoms with Crippen LogP contribution in [0.15, 0.2) is 54.7 Å². The Bertz CT molecular complexity index is 1210. The Morgan fingerprint density at radius 1 is 0.964 bits per heavy atom. The van der Waals surface area contributed by atoms with E-state index in [2.05, 4.69) is 15.5 Å². The van der Waals surface area contributed by atoms with Gasteiger partial charge >= 0.3 is 0 Å². The van der Waals surface area contributed by atoms with Gasteiger partial charge in [0.15, 0.2) is 11.5 Å². The second kappa shape index (κ2) is 6.97. The normalized spacial score (nSPS) is 11.0. The van der Waals surface area contributed by atoms with Gasteiger partial charge in [0.1, 0.15) is 17.5 Å². The van der Waals surface area contributed by atoms with Crippen molar-refractivity contribution < 1.29 is 18.0 Å². The highest BCUT2D eigenvalue weighted by atomic mass is 35.5. The zero-order valence-corrected chi connectivity index (χ0v) is 14.7. The van der Waals surface area contributed by atoms with Crippen LogP contribution in [0.25, 0.3) is 17.0 Å². The van der Waals surface area contributed by atoms with Gasteiger partial charge in [-0.2, -0.15) is 0 Å². The van der Waals surface area contributed by atoms with Crippen LogP contribution in [0.5, 0.6) is 0 Å². The number of halogens is 4. The highest BCUT2D eigenvalue weighted by molar-refractivity contribution is 6.30. The average Bonchev–Trinajstić information content (AvgIpc) is 3.06. The van der Waals surface area contributed by atoms with Crippen LogP contribution < -0.4 is 5.32 Å². The van der Waals surface area contributed by atoms with Crippen molar-refractivity contribution in [3.63, 3.8) is 0 Å². The number of hydrogen-bond donors (Lipinski definition) is 1. The van der Waals surface area contributed by atoms with Gasteiger partial charge in [0, 0.05) is 28.4 Å². The highest BCUT2D eigenvalue weighted by Crippen LogP contribution is 2.22. The van der Waals surface area contributed by atoms with Gasteiger partial charge in [-0.1, -0.05) is 11.6 Å². The third-order valence-electron chi connectivity index (χ3n) is 3.97. The molecule has 0 radical (unpaired) electrons. The second-order valence-corrected chi connectivity index (χ2v) is 6.34. The van der Waals surface area contributed by atoms with Crippen LogP contribution >= 0.6 is 11.6 Å². The number of fused-ring (bicyclic) bond motifs is 1. The van der Waals surface area contributed by atoms with Crippen LogP contribution in [0, 0.1) is 17.5 Å². The first-order valence-corrected chi connectivity index (χ1v) is 8.36. The Kier molecular flexibility index (Phi) is 4.48. The Balaban J connectivity index is 1.66. The molecule has 0 aliphatic carbocycles. The third-order valence-corrected chi connectivity index (χ3v) is 4.21. The number of carbonyl (C=O) groups excluding carboxylic acids is 1. The molecule has 0 atom stereocenters. The van der Waals surface area contributed by atoms with Crippen molar-refractivity contribution in [2.75, 3.05) is 5.32 Å². The number of aromatic nitrogens is 3. The fourth-order valence-corrected chi connectivity index (χ4v) is 2.86. The smallest absolute Gasteiger partial charge is 0.255 e. The van der Waals surface area contributed by atoms with E-state index in [0.717, 1.165) is 24.3 Å². The van der Waals surface area contributed by atoms with Crippen molar-refractivity contribution in [3.8, 4) is 11.4 Å². The summed E-state index contributed by atoms with van der Waals surface area (Å²) >= 11 is 5.69. The van der Waals surface area contributed by atoms with Crippen molar-refractivity contribution in [2.45, 2.75) is 0 Å². The summed E-state index contributed by atoms with van der Waals surface area (Å²) in [6, 6.07) is 9.78. The molecule has 0 fully saturated rings. The number of nitrogens with one attached hydrogen (secondary N) is 1. The Morgan fingerprint density at radius 3 is 2.43 bits per heavy atom. The molecule has 0 unspecified atom stereocenters. The average molecular weight is 403 g/mol. The molecule has 0 bridgehead atoms. The highest BCUT2D eigenvalue weighted by Gasteiger charge is 2.14. The molecular weight excluding hydrogens is 393 g/mol. The molecule has 0 aliphatic rings. The zero-order valence-electron chi connectivity index (χ0n) is 14.0. The molecule has 9 heteroatoms. The molecule has 2 aromatic carbocycles. The number of anilines is 1. The van der Waals surface area contributed by atoms with E-state index in [-0.39, 0.29) is 33.3 Å². The minimum absolute atomic E-state index is 0.0216. The van der Waals surface area contributed by atoms with E-state index in [4.69, 9.17) is 11.6 Å². The summed E-state index contributed by atoms with van der Waals surface area (Å²) in [6.45, 7) is 0. The molecule has 1 amide bonds. The lowest BCUT2D eigenvalue weighted by Gasteiger charge is -2.07. The quantitative estimate of drug-likeness (QED) is 0.539. The SMILES string of the molecule is O=C(Nc1ccc(Cl)cc1F)c1ccn2c(-c3cc(F)cc(F)c3)nnc2c1. The largest absolute Gasteiger partial charge is 0.319 e. The molecule has 0 saturated heterocycles. The van der Waals surface area contributed by atoms with Crippen LogP contribution in [0.1, 0.15) is 10.4 Å². The summed E-state index contributed by atoms with van der Waals surface area (Å²) in [7, 11) is 0. The van der Waals surface area contributed by atoms with Crippen LogP contribution in [0.4, 0.5) is 18.9 Å². The third kappa shape index (κ3) is 3.41. The fraction of sp³-hybridized carbons (Fsp3) is 0. The predicted molar refractivity (Wildman–Crippen MR) is 97.7 cm³/mol.